The second-order valence-electron chi connectivity index (χ2n) is 5.47. The summed E-state index contributed by atoms with van der Waals surface area (Å²) in [6.45, 7) is 4.63. The number of carbonyl (C=O) groups is 1. The monoisotopic (exact) mass is 326 g/mol. The number of aromatic nitrogens is 2. The third kappa shape index (κ3) is 4.66. The Kier molecular flexibility index (Phi) is 5.33. The first-order valence-corrected chi connectivity index (χ1v) is 9.46. The molecule has 0 unspecified atom stereocenters. The number of amides is 1. The summed E-state index contributed by atoms with van der Waals surface area (Å²) in [5.74, 6) is 0.703. The van der Waals surface area contributed by atoms with Crippen LogP contribution in [0.1, 0.15) is 19.0 Å². The fraction of sp³-hybridized carbons (Fsp3) is 0.643. The van der Waals surface area contributed by atoms with Crippen LogP contribution in [0.15, 0.2) is 12.4 Å². The van der Waals surface area contributed by atoms with Crippen molar-refractivity contribution in [3.63, 3.8) is 0 Å². The normalized spacial score (nSPS) is 15.9. The highest BCUT2D eigenvalue weighted by Gasteiger charge is 2.22. The van der Waals surface area contributed by atoms with Crippen LogP contribution in [0.5, 0.6) is 0 Å². The Hall–Kier alpha value is -1.70. The van der Waals surface area contributed by atoms with E-state index in [9.17, 15) is 13.2 Å². The number of nitrogens with zero attached hydrogens (tertiary/aromatic N) is 4. The molecule has 0 saturated carbocycles. The third-order valence-corrected chi connectivity index (χ3v) is 4.66. The second kappa shape index (κ2) is 7.04. The number of hydrogen-bond donors (Lipinski definition) is 0. The Balaban J connectivity index is 1.88. The van der Waals surface area contributed by atoms with E-state index in [1.54, 1.807) is 11.2 Å². The third-order valence-electron chi connectivity index (χ3n) is 3.71. The van der Waals surface area contributed by atoms with E-state index in [-0.39, 0.29) is 18.1 Å². The van der Waals surface area contributed by atoms with Crippen LogP contribution in [0.3, 0.4) is 0 Å². The molecule has 8 heteroatoms. The van der Waals surface area contributed by atoms with Crippen LogP contribution in [-0.4, -0.2) is 67.4 Å². The molecule has 1 aliphatic rings. The van der Waals surface area contributed by atoms with Crippen molar-refractivity contribution in [1.29, 1.82) is 0 Å². The summed E-state index contributed by atoms with van der Waals surface area (Å²) in [6, 6.07) is 1.97. The first kappa shape index (κ1) is 16.7. The Bertz CT molecular complexity index is 625. The Morgan fingerprint density at radius 2 is 1.91 bits per heavy atom. The molecule has 2 rings (SSSR count). The van der Waals surface area contributed by atoms with E-state index in [0.29, 0.717) is 26.2 Å². The van der Waals surface area contributed by atoms with Crippen molar-refractivity contribution in [3.8, 4) is 0 Å². The lowest BCUT2D eigenvalue weighted by Gasteiger charge is -2.35. The maximum absolute atomic E-state index is 12.0. The maximum Gasteiger partial charge on any atom is 0.223 e. The van der Waals surface area contributed by atoms with Gasteiger partial charge in [-0.25, -0.2) is 18.4 Å². The average molecular weight is 326 g/mol. The van der Waals surface area contributed by atoms with Gasteiger partial charge in [0.2, 0.25) is 5.91 Å². The Morgan fingerprint density at radius 1 is 1.23 bits per heavy atom. The highest BCUT2D eigenvalue weighted by molar-refractivity contribution is 7.90. The summed E-state index contributed by atoms with van der Waals surface area (Å²) in [5, 5.41) is 0. The fourth-order valence-corrected chi connectivity index (χ4v) is 2.91. The minimum absolute atomic E-state index is 0.0618. The van der Waals surface area contributed by atoms with Crippen molar-refractivity contribution in [2.75, 3.05) is 43.1 Å². The first-order chi connectivity index (χ1) is 10.4. The zero-order chi connectivity index (χ0) is 16.2. The smallest absolute Gasteiger partial charge is 0.223 e. The largest absolute Gasteiger partial charge is 0.353 e. The molecule has 0 aromatic carbocycles. The molecule has 0 atom stereocenters. The molecule has 1 aliphatic heterocycles. The Labute approximate surface area is 131 Å². The number of sulfone groups is 1. The fourth-order valence-electron chi connectivity index (χ4n) is 2.37. The predicted molar refractivity (Wildman–Crippen MR) is 84.5 cm³/mol. The number of hydrogen-bond acceptors (Lipinski definition) is 6. The molecular formula is C14H22N4O3S. The van der Waals surface area contributed by atoms with Crippen LogP contribution < -0.4 is 4.90 Å². The molecule has 122 valence electrons. The molecule has 1 aromatic rings. The van der Waals surface area contributed by atoms with Crippen LogP contribution >= 0.6 is 0 Å². The molecule has 0 N–H and O–H groups in total. The minimum Gasteiger partial charge on any atom is -0.353 e. The molecule has 0 spiro atoms. The van der Waals surface area contributed by atoms with Crippen LogP contribution in [0.25, 0.3) is 0 Å². The average Bonchev–Trinajstić information content (AvgIpc) is 2.52. The van der Waals surface area contributed by atoms with Crippen molar-refractivity contribution < 1.29 is 13.2 Å². The quantitative estimate of drug-likeness (QED) is 0.764. The van der Waals surface area contributed by atoms with Gasteiger partial charge in [0.15, 0.2) is 0 Å². The number of carbonyl (C=O) groups excluding carboxylic acids is 1. The number of aryl methyl sites for hydroxylation is 1. The van der Waals surface area contributed by atoms with Gasteiger partial charge in [-0.05, 0) is 6.42 Å². The molecule has 0 aliphatic carbocycles. The van der Waals surface area contributed by atoms with E-state index in [2.05, 4.69) is 14.9 Å². The highest BCUT2D eigenvalue weighted by atomic mass is 32.2. The van der Waals surface area contributed by atoms with E-state index in [1.165, 1.54) is 0 Å². The molecule has 7 nitrogen and oxygen atoms in total. The molecule has 1 amide bonds. The molecule has 0 radical (unpaired) electrons. The van der Waals surface area contributed by atoms with Gasteiger partial charge in [-0.2, -0.15) is 0 Å². The summed E-state index contributed by atoms with van der Waals surface area (Å²) < 4.78 is 22.2. The number of piperazine rings is 1. The summed E-state index contributed by atoms with van der Waals surface area (Å²) in [6.07, 6.45) is 3.64. The second-order valence-corrected chi connectivity index (χ2v) is 7.73. The van der Waals surface area contributed by atoms with E-state index in [4.69, 9.17) is 0 Å². The maximum atomic E-state index is 12.0. The molecule has 0 bridgehead atoms. The summed E-state index contributed by atoms with van der Waals surface area (Å²) in [4.78, 5) is 24.3. The molecule has 1 fully saturated rings. The van der Waals surface area contributed by atoms with Gasteiger partial charge in [0, 0.05) is 50.6 Å². The van der Waals surface area contributed by atoms with Crippen LogP contribution in [-0.2, 0) is 21.1 Å². The van der Waals surface area contributed by atoms with E-state index in [0.717, 1.165) is 24.2 Å². The lowest BCUT2D eigenvalue weighted by atomic mass is 10.2. The molecule has 2 heterocycles. The standard InChI is InChI=1S/C14H22N4O3S/c1-3-12-10-13(16-11-15-12)17-5-7-18(8-6-17)14(19)4-9-22(2,20)21/h10-11H,3-9H2,1-2H3. The van der Waals surface area contributed by atoms with Crippen molar-refractivity contribution in [2.45, 2.75) is 19.8 Å². The first-order valence-electron chi connectivity index (χ1n) is 7.40. The van der Waals surface area contributed by atoms with Crippen molar-refractivity contribution in [1.82, 2.24) is 14.9 Å². The predicted octanol–water partition coefficient (Wildman–Crippen LogP) is 0.122. The van der Waals surface area contributed by atoms with Gasteiger partial charge >= 0.3 is 0 Å². The lowest BCUT2D eigenvalue weighted by molar-refractivity contribution is -0.131. The van der Waals surface area contributed by atoms with Crippen molar-refractivity contribution >= 4 is 21.6 Å². The van der Waals surface area contributed by atoms with Gasteiger partial charge in [-0.3, -0.25) is 4.79 Å². The van der Waals surface area contributed by atoms with Crippen molar-refractivity contribution in [2.24, 2.45) is 0 Å². The molecular weight excluding hydrogens is 304 g/mol. The zero-order valence-corrected chi connectivity index (χ0v) is 13.8. The Morgan fingerprint density at radius 3 is 2.50 bits per heavy atom. The lowest BCUT2D eigenvalue weighted by Crippen LogP contribution is -2.49. The molecule has 1 saturated heterocycles. The number of anilines is 1. The summed E-state index contributed by atoms with van der Waals surface area (Å²) in [7, 11) is -3.09. The zero-order valence-electron chi connectivity index (χ0n) is 13.0. The summed E-state index contributed by atoms with van der Waals surface area (Å²) in [5.41, 5.74) is 0.997. The van der Waals surface area contributed by atoms with Crippen LogP contribution in [0.2, 0.25) is 0 Å². The van der Waals surface area contributed by atoms with Gasteiger partial charge in [-0.15, -0.1) is 0 Å². The van der Waals surface area contributed by atoms with E-state index < -0.39 is 9.84 Å². The number of rotatable bonds is 5. The van der Waals surface area contributed by atoms with E-state index >= 15 is 0 Å². The van der Waals surface area contributed by atoms with Gasteiger partial charge in [-0.1, -0.05) is 6.92 Å². The summed E-state index contributed by atoms with van der Waals surface area (Å²) >= 11 is 0. The minimum atomic E-state index is -3.09. The van der Waals surface area contributed by atoms with Gasteiger partial charge in [0.05, 0.1) is 5.75 Å². The van der Waals surface area contributed by atoms with Crippen LogP contribution in [0, 0.1) is 0 Å². The van der Waals surface area contributed by atoms with Gasteiger partial charge in [0.1, 0.15) is 22.0 Å². The van der Waals surface area contributed by atoms with Gasteiger partial charge < -0.3 is 9.80 Å². The topological polar surface area (TPSA) is 83.5 Å². The van der Waals surface area contributed by atoms with Crippen LogP contribution in [0.4, 0.5) is 5.82 Å². The molecule has 22 heavy (non-hydrogen) atoms. The van der Waals surface area contributed by atoms with Crippen molar-refractivity contribution in [3.05, 3.63) is 18.1 Å². The van der Waals surface area contributed by atoms with Gasteiger partial charge in [0.25, 0.3) is 0 Å². The van der Waals surface area contributed by atoms with E-state index in [1.807, 2.05) is 13.0 Å². The SMILES string of the molecule is CCc1cc(N2CCN(C(=O)CCS(C)(=O)=O)CC2)ncn1. The highest BCUT2D eigenvalue weighted by Crippen LogP contribution is 2.14. The molecule has 1 aromatic heterocycles.